The van der Waals surface area contributed by atoms with Crippen molar-refractivity contribution in [2.24, 2.45) is 0 Å². The summed E-state index contributed by atoms with van der Waals surface area (Å²) >= 11 is 1.51. The van der Waals surface area contributed by atoms with E-state index in [1.165, 1.54) is 23.5 Å². The maximum Gasteiger partial charge on any atom is 0.153 e. The van der Waals surface area contributed by atoms with E-state index < -0.39 is 6.10 Å². The van der Waals surface area contributed by atoms with Gasteiger partial charge in [0, 0.05) is 23.1 Å². The van der Waals surface area contributed by atoms with E-state index in [-0.39, 0.29) is 11.9 Å². The van der Waals surface area contributed by atoms with Crippen molar-refractivity contribution in [2.75, 3.05) is 0 Å². The van der Waals surface area contributed by atoms with Crippen LogP contribution >= 0.6 is 11.3 Å². The van der Waals surface area contributed by atoms with Crippen LogP contribution in [-0.4, -0.2) is 10.1 Å². The summed E-state index contributed by atoms with van der Waals surface area (Å²) in [5, 5.41) is 12.9. The Balaban J connectivity index is 1.94. The number of aromatic nitrogens is 1. The molecule has 0 bridgehead atoms. The molecule has 0 saturated carbocycles. The largest absolute Gasteiger partial charge is 0.483 e. The highest BCUT2D eigenvalue weighted by Gasteiger charge is 2.30. The average Bonchev–Trinajstić information content (AvgIpc) is 2.77. The Bertz CT molecular complexity index is 584. The van der Waals surface area contributed by atoms with Crippen LogP contribution in [0.3, 0.4) is 0 Å². The van der Waals surface area contributed by atoms with E-state index in [1.54, 1.807) is 6.07 Å². The van der Waals surface area contributed by atoms with E-state index in [0.29, 0.717) is 17.7 Å². The number of fused-ring (bicyclic) bond motifs is 1. The van der Waals surface area contributed by atoms with E-state index in [4.69, 9.17) is 4.74 Å². The van der Waals surface area contributed by atoms with Gasteiger partial charge in [-0.3, -0.25) is 0 Å². The molecule has 0 amide bonds. The van der Waals surface area contributed by atoms with Crippen LogP contribution in [0.2, 0.25) is 0 Å². The maximum atomic E-state index is 13.1. The van der Waals surface area contributed by atoms with Crippen molar-refractivity contribution in [3.05, 3.63) is 45.7 Å². The van der Waals surface area contributed by atoms with Gasteiger partial charge in [-0.2, -0.15) is 0 Å². The maximum absolute atomic E-state index is 13.1. The lowest BCUT2D eigenvalue weighted by molar-refractivity contribution is 0.0651. The Labute approximate surface area is 108 Å². The molecule has 2 atom stereocenters. The highest BCUT2D eigenvalue weighted by Crippen LogP contribution is 2.41. The second kappa shape index (κ2) is 4.33. The van der Waals surface area contributed by atoms with Gasteiger partial charge in [0.05, 0.1) is 6.10 Å². The summed E-state index contributed by atoms with van der Waals surface area (Å²) in [6, 6.07) is 4.21. The fourth-order valence-corrected chi connectivity index (χ4v) is 2.93. The normalized spacial score (nSPS) is 22.4. The summed E-state index contributed by atoms with van der Waals surface area (Å²) in [7, 11) is 0. The third-order valence-electron chi connectivity index (χ3n) is 2.95. The van der Waals surface area contributed by atoms with Gasteiger partial charge in [0.2, 0.25) is 0 Å². The second-order valence-electron chi connectivity index (χ2n) is 4.37. The van der Waals surface area contributed by atoms with Crippen molar-refractivity contribution in [3.63, 3.8) is 0 Å². The first-order valence-corrected chi connectivity index (χ1v) is 6.57. The molecule has 1 aliphatic heterocycles. The lowest BCUT2D eigenvalue weighted by Gasteiger charge is -2.28. The molecule has 1 aromatic carbocycles. The molecule has 2 aromatic rings. The topological polar surface area (TPSA) is 42.4 Å². The molecule has 18 heavy (non-hydrogen) atoms. The molecule has 1 unspecified atom stereocenters. The van der Waals surface area contributed by atoms with Crippen molar-refractivity contribution >= 4 is 11.3 Å². The van der Waals surface area contributed by atoms with Gasteiger partial charge >= 0.3 is 0 Å². The van der Waals surface area contributed by atoms with E-state index in [0.717, 1.165) is 10.7 Å². The third kappa shape index (κ3) is 2.00. The summed E-state index contributed by atoms with van der Waals surface area (Å²) in [4.78, 5) is 4.37. The first-order chi connectivity index (χ1) is 8.63. The number of aryl methyl sites for hydroxylation is 1. The number of hydrogen-bond donors (Lipinski definition) is 1. The van der Waals surface area contributed by atoms with Crippen LogP contribution in [-0.2, 0) is 0 Å². The van der Waals surface area contributed by atoms with Gasteiger partial charge in [0.15, 0.2) is 6.10 Å². The van der Waals surface area contributed by atoms with Crippen molar-refractivity contribution < 1.29 is 14.2 Å². The first-order valence-electron chi connectivity index (χ1n) is 5.69. The van der Waals surface area contributed by atoms with Gasteiger partial charge in [0.1, 0.15) is 16.6 Å². The fraction of sp³-hybridized carbons (Fsp3) is 0.308. The lowest BCUT2D eigenvalue weighted by atomic mass is 9.99. The molecule has 3 nitrogen and oxygen atoms in total. The number of hydrogen-bond acceptors (Lipinski definition) is 4. The number of aliphatic hydroxyl groups excluding tert-OH is 1. The molecule has 0 aliphatic carbocycles. The Morgan fingerprint density at radius 3 is 3.06 bits per heavy atom. The number of rotatable bonds is 1. The Hall–Kier alpha value is -1.46. The van der Waals surface area contributed by atoms with Crippen LogP contribution in [0.15, 0.2) is 23.6 Å². The molecule has 0 spiro atoms. The summed E-state index contributed by atoms with van der Waals surface area (Å²) < 4.78 is 18.9. The highest BCUT2D eigenvalue weighted by atomic mass is 32.1. The van der Waals surface area contributed by atoms with Crippen molar-refractivity contribution in [3.8, 4) is 5.75 Å². The van der Waals surface area contributed by atoms with Crippen LogP contribution in [0, 0.1) is 12.7 Å². The van der Waals surface area contributed by atoms with Crippen molar-refractivity contribution in [1.82, 2.24) is 4.98 Å². The minimum Gasteiger partial charge on any atom is -0.483 e. The predicted octanol–water partition coefficient (Wildman–Crippen LogP) is 3.15. The monoisotopic (exact) mass is 265 g/mol. The molecule has 2 heterocycles. The molecule has 94 valence electrons. The number of benzene rings is 1. The molecule has 1 aliphatic rings. The van der Waals surface area contributed by atoms with Crippen molar-refractivity contribution in [1.29, 1.82) is 0 Å². The van der Waals surface area contributed by atoms with Crippen LogP contribution in [0.1, 0.15) is 34.9 Å². The van der Waals surface area contributed by atoms with Gasteiger partial charge < -0.3 is 9.84 Å². The standard InChI is InChI=1S/C13H12FNO2S/c1-7-6-18-13(15-7)12-5-10(16)9-4-8(14)2-3-11(9)17-12/h2-4,6,10,12,16H,5H2,1H3/t10-,12?/m0/s1. The molecule has 3 rings (SSSR count). The lowest BCUT2D eigenvalue weighted by Crippen LogP contribution is -2.19. The quantitative estimate of drug-likeness (QED) is 0.861. The Morgan fingerprint density at radius 2 is 2.33 bits per heavy atom. The molecular weight excluding hydrogens is 253 g/mol. The van der Waals surface area contributed by atoms with Gasteiger partial charge in [-0.05, 0) is 25.1 Å². The van der Waals surface area contributed by atoms with Crippen LogP contribution < -0.4 is 4.74 Å². The molecule has 1 aromatic heterocycles. The highest BCUT2D eigenvalue weighted by molar-refractivity contribution is 7.09. The number of aliphatic hydroxyl groups is 1. The summed E-state index contributed by atoms with van der Waals surface area (Å²) in [5.74, 6) is 0.174. The number of ether oxygens (including phenoxy) is 1. The Morgan fingerprint density at radius 1 is 1.50 bits per heavy atom. The van der Waals surface area contributed by atoms with Gasteiger partial charge in [-0.25, -0.2) is 9.37 Å². The van der Waals surface area contributed by atoms with E-state index in [9.17, 15) is 9.50 Å². The molecular formula is C13H12FNO2S. The second-order valence-corrected chi connectivity index (χ2v) is 5.26. The summed E-state index contributed by atoms with van der Waals surface area (Å²) in [6.45, 7) is 1.92. The van der Waals surface area contributed by atoms with Gasteiger partial charge in [-0.1, -0.05) is 0 Å². The van der Waals surface area contributed by atoms with Crippen LogP contribution in [0.25, 0.3) is 0 Å². The van der Waals surface area contributed by atoms with Crippen molar-refractivity contribution in [2.45, 2.75) is 25.6 Å². The summed E-state index contributed by atoms with van der Waals surface area (Å²) in [5.41, 5.74) is 1.46. The number of nitrogens with zero attached hydrogens (tertiary/aromatic N) is 1. The summed E-state index contributed by atoms with van der Waals surface area (Å²) in [6.07, 6.45) is -0.557. The van der Waals surface area contributed by atoms with Crippen LogP contribution in [0.5, 0.6) is 5.75 Å². The zero-order valence-corrected chi connectivity index (χ0v) is 10.6. The minimum atomic E-state index is -0.710. The van der Waals surface area contributed by atoms with Gasteiger partial charge in [-0.15, -0.1) is 11.3 Å². The van der Waals surface area contributed by atoms with Gasteiger partial charge in [0.25, 0.3) is 0 Å². The average molecular weight is 265 g/mol. The minimum absolute atomic E-state index is 0.253. The van der Waals surface area contributed by atoms with E-state index in [2.05, 4.69) is 4.98 Å². The zero-order chi connectivity index (χ0) is 12.7. The predicted molar refractivity (Wildman–Crippen MR) is 66.2 cm³/mol. The number of thiazole rings is 1. The van der Waals surface area contributed by atoms with E-state index in [1.807, 2.05) is 12.3 Å². The molecule has 0 radical (unpaired) electrons. The SMILES string of the molecule is Cc1csc(C2C[C@H](O)c3cc(F)ccc3O2)n1. The molecule has 5 heteroatoms. The first kappa shape index (κ1) is 11.6. The molecule has 0 saturated heterocycles. The smallest absolute Gasteiger partial charge is 0.153 e. The molecule has 1 N–H and O–H groups in total. The third-order valence-corrected chi connectivity index (χ3v) is 4.00. The Kier molecular flexibility index (Phi) is 2.80. The van der Waals surface area contributed by atoms with Crippen LogP contribution in [0.4, 0.5) is 4.39 Å². The number of halogens is 1. The zero-order valence-electron chi connectivity index (χ0n) is 9.76. The molecule has 0 fully saturated rings. The fourth-order valence-electron chi connectivity index (χ4n) is 2.09. The van der Waals surface area contributed by atoms with E-state index >= 15 is 0 Å².